The Morgan fingerprint density at radius 1 is 1.58 bits per heavy atom. The van der Waals surface area contributed by atoms with Gasteiger partial charge in [-0.25, -0.2) is 0 Å². The van der Waals surface area contributed by atoms with Gasteiger partial charge in [0.2, 0.25) is 0 Å². The minimum atomic E-state index is -0.117. The molecule has 2 rings (SSSR count). The number of ether oxygens (including phenoxy) is 1. The van der Waals surface area contributed by atoms with Crippen LogP contribution in [0.25, 0.3) is 0 Å². The molecule has 0 spiro atoms. The predicted molar refractivity (Wildman–Crippen MR) is 45.6 cm³/mol. The molecule has 0 heterocycles. The number of rotatable bonds is 1. The Morgan fingerprint density at radius 2 is 2.33 bits per heavy atom. The van der Waals surface area contributed by atoms with Crippen molar-refractivity contribution in [1.29, 1.82) is 0 Å². The van der Waals surface area contributed by atoms with Gasteiger partial charge in [-0.05, 0) is 31.6 Å². The van der Waals surface area contributed by atoms with Gasteiger partial charge in [-0.15, -0.1) is 0 Å². The van der Waals surface area contributed by atoms with Crippen molar-refractivity contribution in [2.75, 3.05) is 0 Å². The molecule has 2 heteroatoms. The van der Waals surface area contributed by atoms with Crippen LogP contribution in [0.4, 0.5) is 0 Å². The summed E-state index contributed by atoms with van der Waals surface area (Å²) >= 11 is 0. The van der Waals surface area contributed by atoms with Crippen molar-refractivity contribution in [3.05, 3.63) is 0 Å². The zero-order valence-corrected chi connectivity index (χ0v) is 7.80. The fraction of sp³-hybridized carbons (Fsp3) is 0.900. The molecule has 0 saturated heterocycles. The van der Waals surface area contributed by atoms with Gasteiger partial charge in [0.05, 0.1) is 0 Å². The molecule has 2 saturated carbocycles. The normalized spacial score (nSPS) is 44.8. The summed E-state index contributed by atoms with van der Waals surface area (Å²) in [4.78, 5) is 10.8. The van der Waals surface area contributed by atoms with Crippen LogP contribution in [-0.4, -0.2) is 12.1 Å². The molecule has 3 unspecified atom stereocenters. The SMILES string of the molecule is CC(=O)OC1CC2CCC1(C)C2. The van der Waals surface area contributed by atoms with Gasteiger partial charge in [0.25, 0.3) is 0 Å². The maximum absolute atomic E-state index is 10.8. The number of carbonyl (C=O) groups excluding carboxylic acids is 1. The van der Waals surface area contributed by atoms with Crippen LogP contribution in [0.3, 0.4) is 0 Å². The molecule has 0 aromatic carbocycles. The van der Waals surface area contributed by atoms with E-state index in [4.69, 9.17) is 4.74 Å². The lowest BCUT2D eigenvalue weighted by Gasteiger charge is -2.30. The maximum atomic E-state index is 10.8. The van der Waals surface area contributed by atoms with E-state index in [1.807, 2.05) is 0 Å². The Hall–Kier alpha value is -0.530. The van der Waals surface area contributed by atoms with Gasteiger partial charge in [0, 0.05) is 12.3 Å². The van der Waals surface area contributed by atoms with E-state index in [1.165, 1.54) is 26.2 Å². The van der Waals surface area contributed by atoms with Crippen molar-refractivity contribution in [2.45, 2.75) is 45.6 Å². The Balaban J connectivity index is 2.05. The molecule has 2 bridgehead atoms. The van der Waals surface area contributed by atoms with Gasteiger partial charge in [-0.3, -0.25) is 4.79 Å². The summed E-state index contributed by atoms with van der Waals surface area (Å²) in [5, 5.41) is 0. The summed E-state index contributed by atoms with van der Waals surface area (Å²) in [5.74, 6) is 0.716. The fourth-order valence-corrected chi connectivity index (χ4v) is 2.87. The van der Waals surface area contributed by atoms with Crippen molar-refractivity contribution >= 4 is 5.97 Å². The van der Waals surface area contributed by atoms with Crippen LogP contribution in [-0.2, 0) is 9.53 Å². The van der Waals surface area contributed by atoms with Gasteiger partial charge in [0.15, 0.2) is 0 Å². The van der Waals surface area contributed by atoms with Gasteiger partial charge >= 0.3 is 5.97 Å². The lowest BCUT2D eigenvalue weighted by Crippen LogP contribution is -2.31. The van der Waals surface area contributed by atoms with Crippen molar-refractivity contribution in [3.63, 3.8) is 0 Å². The number of carbonyl (C=O) groups is 1. The molecule has 0 N–H and O–H groups in total. The molecule has 2 aliphatic carbocycles. The monoisotopic (exact) mass is 168 g/mol. The topological polar surface area (TPSA) is 26.3 Å². The molecule has 0 radical (unpaired) electrons. The number of hydrogen-bond donors (Lipinski definition) is 0. The quantitative estimate of drug-likeness (QED) is 0.561. The fourth-order valence-electron chi connectivity index (χ4n) is 2.87. The van der Waals surface area contributed by atoms with E-state index >= 15 is 0 Å². The molecular formula is C10H16O2. The molecule has 12 heavy (non-hydrogen) atoms. The van der Waals surface area contributed by atoms with Gasteiger partial charge in [0.1, 0.15) is 6.10 Å². The van der Waals surface area contributed by atoms with Crippen molar-refractivity contribution in [2.24, 2.45) is 11.3 Å². The third-order valence-electron chi connectivity index (χ3n) is 3.51. The highest BCUT2D eigenvalue weighted by molar-refractivity contribution is 5.66. The second kappa shape index (κ2) is 2.48. The van der Waals surface area contributed by atoms with E-state index in [-0.39, 0.29) is 12.1 Å². The first kappa shape index (κ1) is 8.09. The van der Waals surface area contributed by atoms with Crippen LogP contribution >= 0.6 is 0 Å². The highest BCUT2D eigenvalue weighted by atomic mass is 16.5. The van der Waals surface area contributed by atoms with Gasteiger partial charge < -0.3 is 4.74 Å². The minimum Gasteiger partial charge on any atom is -0.462 e. The third kappa shape index (κ3) is 1.13. The zero-order chi connectivity index (χ0) is 8.77. The van der Waals surface area contributed by atoms with Crippen LogP contribution in [0.15, 0.2) is 0 Å². The van der Waals surface area contributed by atoms with E-state index in [2.05, 4.69) is 6.92 Å². The second-order valence-corrected chi connectivity index (χ2v) is 4.60. The maximum Gasteiger partial charge on any atom is 0.302 e. The summed E-state index contributed by atoms with van der Waals surface area (Å²) in [6.45, 7) is 3.77. The highest BCUT2D eigenvalue weighted by Gasteiger charge is 2.50. The summed E-state index contributed by atoms with van der Waals surface area (Å²) in [7, 11) is 0. The van der Waals surface area contributed by atoms with Crippen LogP contribution in [0.1, 0.15) is 39.5 Å². The molecule has 68 valence electrons. The molecule has 0 aromatic rings. The average molecular weight is 168 g/mol. The van der Waals surface area contributed by atoms with E-state index < -0.39 is 0 Å². The Morgan fingerprint density at radius 3 is 2.75 bits per heavy atom. The number of hydrogen-bond acceptors (Lipinski definition) is 2. The Bertz CT molecular complexity index is 212. The average Bonchev–Trinajstić information content (AvgIpc) is 2.42. The summed E-state index contributed by atoms with van der Waals surface area (Å²) in [6, 6.07) is 0. The summed E-state index contributed by atoms with van der Waals surface area (Å²) in [6.07, 6.45) is 5.18. The lowest BCUT2D eigenvalue weighted by molar-refractivity contribution is -0.152. The van der Waals surface area contributed by atoms with Crippen LogP contribution < -0.4 is 0 Å². The van der Waals surface area contributed by atoms with Crippen LogP contribution in [0.5, 0.6) is 0 Å². The van der Waals surface area contributed by atoms with Gasteiger partial charge in [-0.1, -0.05) is 6.92 Å². The first-order chi connectivity index (χ1) is 5.60. The lowest BCUT2D eigenvalue weighted by atomic mass is 9.84. The Labute approximate surface area is 73.3 Å². The van der Waals surface area contributed by atoms with Gasteiger partial charge in [-0.2, -0.15) is 0 Å². The molecular weight excluding hydrogens is 152 g/mol. The highest BCUT2D eigenvalue weighted by Crippen LogP contribution is 2.54. The van der Waals surface area contributed by atoms with E-state index in [1.54, 1.807) is 0 Å². The van der Waals surface area contributed by atoms with Crippen molar-refractivity contribution in [1.82, 2.24) is 0 Å². The predicted octanol–water partition coefficient (Wildman–Crippen LogP) is 2.13. The Kier molecular flexibility index (Phi) is 1.67. The molecule has 0 aliphatic heterocycles. The smallest absolute Gasteiger partial charge is 0.302 e. The summed E-state index contributed by atoms with van der Waals surface area (Å²) < 4.78 is 5.31. The zero-order valence-electron chi connectivity index (χ0n) is 7.80. The van der Waals surface area contributed by atoms with Crippen LogP contribution in [0, 0.1) is 11.3 Å². The third-order valence-corrected chi connectivity index (χ3v) is 3.51. The summed E-state index contributed by atoms with van der Waals surface area (Å²) in [5.41, 5.74) is 0.316. The molecule has 2 nitrogen and oxygen atoms in total. The van der Waals surface area contributed by atoms with E-state index in [0.717, 1.165) is 12.3 Å². The second-order valence-electron chi connectivity index (χ2n) is 4.60. The van der Waals surface area contributed by atoms with E-state index in [9.17, 15) is 4.79 Å². The minimum absolute atomic E-state index is 0.117. The molecule has 0 aromatic heterocycles. The standard InChI is InChI=1S/C10H16O2/c1-7(11)12-9-5-8-3-4-10(9,2)6-8/h8-9H,3-6H2,1-2H3. The molecule has 3 atom stereocenters. The number of fused-ring (bicyclic) bond motifs is 2. The molecule has 2 aliphatic rings. The number of esters is 1. The van der Waals surface area contributed by atoms with Crippen molar-refractivity contribution in [3.8, 4) is 0 Å². The van der Waals surface area contributed by atoms with E-state index in [0.29, 0.717) is 5.41 Å². The molecule has 2 fully saturated rings. The molecule has 0 amide bonds. The first-order valence-corrected chi connectivity index (χ1v) is 4.77. The van der Waals surface area contributed by atoms with Crippen LogP contribution in [0.2, 0.25) is 0 Å². The largest absolute Gasteiger partial charge is 0.462 e. The van der Waals surface area contributed by atoms with Crippen molar-refractivity contribution < 1.29 is 9.53 Å². The first-order valence-electron chi connectivity index (χ1n) is 4.77.